The number of likely N-dealkylation sites (N-methyl/N-ethyl adjacent to an activating group) is 1. The van der Waals surface area contributed by atoms with Gasteiger partial charge in [-0.2, -0.15) is 0 Å². The van der Waals surface area contributed by atoms with Gasteiger partial charge < -0.3 is 4.42 Å². The molecule has 156 valence electrons. The number of nitrogens with zero attached hydrogens (tertiary/aromatic N) is 4. The molecule has 0 spiro atoms. The average Bonchev–Trinajstić information content (AvgIpc) is 3.46. The van der Waals surface area contributed by atoms with Crippen LogP contribution in [-0.2, 0) is 23.2 Å². The molecule has 0 unspecified atom stereocenters. The molecule has 30 heavy (non-hydrogen) atoms. The van der Waals surface area contributed by atoms with E-state index in [0.717, 1.165) is 36.2 Å². The maximum absolute atomic E-state index is 12.9. The topological polar surface area (TPSA) is 84.2 Å². The minimum absolute atomic E-state index is 0.00616. The van der Waals surface area contributed by atoms with Crippen molar-refractivity contribution in [2.45, 2.75) is 50.6 Å². The van der Waals surface area contributed by atoms with Gasteiger partial charge in [0, 0.05) is 13.2 Å². The van der Waals surface area contributed by atoms with E-state index in [0.29, 0.717) is 24.7 Å². The Hall–Kier alpha value is -3.06. The minimum Gasteiger partial charge on any atom is -0.423 e. The lowest BCUT2D eigenvalue weighted by Crippen LogP contribution is -2.44. The molecule has 1 aliphatic carbocycles. The van der Waals surface area contributed by atoms with Gasteiger partial charge in [0.05, 0.1) is 18.0 Å². The van der Waals surface area contributed by atoms with Crippen molar-refractivity contribution in [3.8, 4) is 0 Å². The van der Waals surface area contributed by atoms with Gasteiger partial charge in [0.2, 0.25) is 17.7 Å². The summed E-state index contributed by atoms with van der Waals surface area (Å²) in [5, 5.41) is 11.8. The normalized spacial score (nSPS) is 20.5. The van der Waals surface area contributed by atoms with Crippen molar-refractivity contribution in [3.05, 3.63) is 72.1 Å². The van der Waals surface area contributed by atoms with E-state index in [1.54, 1.807) is 18.1 Å². The van der Waals surface area contributed by atoms with Crippen LogP contribution in [0.5, 0.6) is 0 Å². The minimum atomic E-state index is -0.326. The molecular weight excluding hydrogens is 378 g/mol. The first-order chi connectivity index (χ1) is 14.5. The Morgan fingerprint density at radius 2 is 2.23 bits per heavy atom. The number of hydrogen-bond acceptors (Lipinski definition) is 6. The third kappa shape index (κ3) is 3.85. The number of aromatic nitrogens is 3. The van der Waals surface area contributed by atoms with Crippen LogP contribution in [0.3, 0.4) is 0 Å². The van der Waals surface area contributed by atoms with E-state index in [1.807, 2.05) is 43.4 Å². The van der Waals surface area contributed by atoms with E-state index >= 15 is 0 Å². The molecule has 4 rings (SSSR count). The molecule has 0 bridgehead atoms. The van der Waals surface area contributed by atoms with E-state index in [9.17, 15) is 4.79 Å². The predicted molar refractivity (Wildman–Crippen MR) is 115 cm³/mol. The van der Waals surface area contributed by atoms with Gasteiger partial charge in [0.15, 0.2) is 0 Å². The van der Waals surface area contributed by atoms with Crippen molar-refractivity contribution in [2.75, 3.05) is 11.9 Å². The lowest BCUT2D eigenvalue weighted by molar-refractivity contribution is -0.120. The highest BCUT2D eigenvalue weighted by atomic mass is 16.4. The van der Waals surface area contributed by atoms with Crippen LogP contribution >= 0.6 is 0 Å². The quantitative estimate of drug-likeness (QED) is 0.712. The molecule has 7 nitrogen and oxygen atoms in total. The molecule has 1 amide bonds. The highest BCUT2D eigenvalue weighted by Crippen LogP contribution is 2.53. The molecule has 2 aromatic rings. The maximum Gasteiger partial charge on any atom is 0.245 e. The van der Waals surface area contributed by atoms with Crippen LogP contribution in [0.2, 0.25) is 0 Å². The number of fused-ring (bicyclic) bond motifs is 1. The number of allylic oxidation sites excluding steroid dienone is 5. The Morgan fingerprint density at radius 1 is 1.40 bits per heavy atom. The number of carbonyl (C=O) groups excluding carboxylic acids is 1. The standard InChI is InChI=1S/C23H27N5O2/c1-4-5-6-8-16(2)23(12-13-23)22-27-26-19(30-22)15-25-18-11-10-17-9-7-14-24-20(17)28(3)21(18)29/h4-9,14,18,25H,2,10-13,15H2,1,3H3/b5-4-,8-6-/t18-/m0/s1. The van der Waals surface area contributed by atoms with Gasteiger partial charge in [-0.05, 0) is 49.8 Å². The molecule has 1 atom stereocenters. The Kier molecular flexibility index (Phi) is 5.63. The molecule has 1 fully saturated rings. The number of nitrogens with one attached hydrogen (secondary N) is 1. The summed E-state index contributed by atoms with van der Waals surface area (Å²) in [5.74, 6) is 1.81. The summed E-state index contributed by atoms with van der Waals surface area (Å²) in [4.78, 5) is 18.8. The second kappa shape index (κ2) is 8.36. The fourth-order valence-electron chi connectivity index (χ4n) is 3.85. The fraction of sp³-hybridized carbons (Fsp3) is 0.391. The first-order valence-corrected chi connectivity index (χ1v) is 10.3. The van der Waals surface area contributed by atoms with Gasteiger partial charge >= 0.3 is 0 Å². The maximum atomic E-state index is 12.9. The third-order valence-electron chi connectivity index (χ3n) is 5.86. The number of carbonyl (C=O) groups is 1. The molecule has 2 aromatic heterocycles. The Balaban J connectivity index is 1.40. The van der Waals surface area contributed by atoms with Gasteiger partial charge in [-0.25, -0.2) is 4.98 Å². The van der Waals surface area contributed by atoms with Crippen molar-refractivity contribution in [3.63, 3.8) is 0 Å². The highest BCUT2D eigenvalue weighted by molar-refractivity contribution is 5.97. The Bertz CT molecular complexity index is 1000. The van der Waals surface area contributed by atoms with Crippen molar-refractivity contribution < 1.29 is 9.21 Å². The zero-order valence-electron chi connectivity index (χ0n) is 17.5. The lowest BCUT2D eigenvalue weighted by Gasteiger charge is -2.20. The Morgan fingerprint density at radius 3 is 3.00 bits per heavy atom. The van der Waals surface area contributed by atoms with E-state index in [1.165, 1.54) is 0 Å². The monoisotopic (exact) mass is 405 g/mol. The van der Waals surface area contributed by atoms with Crippen LogP contribution < -0.4 is 10.2 Å². The number of hydrogen-bond donors (Lipinski definition) is 1. The zero-order chi connectivity index (χ0) is 21.1. The van der Waals surface area contributed by atoms with Crippen molar-refractivity contribution in [1.29, 1.82) is 0 Å². The van der Waals surface area contributed by atoms with Crippen molar-refractivity contribution in [2.24, 2.45) is 0 Å². The molecule has 3 heterocycles. The van der Waals surface area contributed by atoms with Gasteiger partial charge in [-0.15, -0.1) is 10.2 Å². The van der Waals surface area contributed by atoms with Crippen LogP contribution in [0.15, 0.2) is 59.2 Å². The van der Waals surface area contributed by atoms with E-state index in [2.05, 4.69) is 27.1 Å². The van der Waals surface area contributed by atoms with Crippen LogP contribution in [0, 0.1) is 0 Å². The second-order valence-corrected chi connectivity index (χ2v) is 7.85. The summed E-state index contributed by atoms with van der Waals surface area (Å²) < 4.78 is 5.95. The molecule has 0 aromatic carbocycles. The number of rotatable bonds is 7. The summed E-state index contributed by atoms with van der Waals surface area (Å²) >= 11 is 0. The lowest BCUT2D eigenvalue weighted by atomic mass is 9.97. The summed E-state index contributed by atoms with van der Waals surface area (Å²) in [6.07, 6.45) is 13.0. The second-order valence-electron chi connectivity index (χ2n) is 7.85. The summed E-state index contributed by atoms with van der Waals surface area (Å²) in [5.41, 5.74) is 1.82. The first-order valence-electron chi connectivity index (χ1n) is 10.3. The van der Waals surface area contributed by atoms with Crippen LogP contribution in [0.25, 0.3) is 0 Å². The Labute approximate surface area is 176 Å². The SMILES string of the molecule is C=C(/C=C\C=C/C)C1(c2nnc(CN[C@H]3CCc4cccnc4N(C)C3=O)o2)CC1. The fourth-order valence-corrected chi connectivity index (χ4v) is 3.85. The van der Waals surface area contributed by atoms with Gasteiger partial charge in [-0.1, -0.05) is 36.9 Å². The molecule has 7 heteroatoms. The van der Waals surface area contributed by atoms with Crippen LogP contribution in [0.4, 0.5) is 5.82 Å². The molecule has 1 aliphatic heterocycles. The number of aryl methyl sites for hydroxylation is 1. The molecular formula is C23H27N5O2. The summed E-state index contributed by atoms with van der Waals surface area (Å²) in [6, 6.07) is 3.60. The van der Waals surface area contributed by atoms with Crippen molar-refractivity contribution in [1.82, 2.24) is 20.5 Å². The largest absolute Gasteiger partial charge is 0.423 e. The molecule has 1 N–H and O–H groups in total. The molecule has 2 aliphatic rings. The zero-order valence-corrected chi connectivity index (χ0v) is 17.5. The summed E-state index contributed by atoms with van der Waals surface area (Å²) in [7, 11) is 1.77. The van der Waals surface area contributed by atoms with Gasteiger partial charge in [-0.3, -0.25) is 15.0 Å². The molecule has 0 saturated heterocycles. The number of anilines is 1. The molecule has 0 radical (unpaired) electrons. The van der Waals surface area contributed by atoms with Crippen molar-refractivity contribution >= 4 is 11.7 Å². The van der Waals surface area contributed by atoms with E-state index < -0.39 is 0 Å². The van der Waals surface area contributed by atoms with Gasteiger partial charge in [0.1, 0.15) is 5.82 Å². The smallest absolute Gasteiger partial charge is 0.245 e. The van der Waals surface area contributed by atoms with E-state index in [-0.39, 0.29) is 17.4 Å². The van der Waals surface area contributed by atoms with E-state index in [4.69, 9.17) is 4.42 Å². The third-order valence-corrected chi connectivity index (χ3v) is 5.86. The van der Waals surface area contributed by atoms with Gasteiger partial charge in [0.25, 0.3) is 0 Å². The average molecular weight is 406 g/mol. The van der Waals surface area contributed by atoms with Crippen LogP contribution in [-0.4, -0.2) is 34.2 Å². The van der Waals surface area contributed by atoms with Crippen LogP contribution in [0.1, 0.15) is 43.5 Å². The number of amides is 1. The highest BCUT2D eigenvalue weighted by Gasteiger charge is 2.50. The first kappa shape index (κ1) is 20.2. The predicted octanol–water partition coefficient (Wildman–Crippen LogP) is 3.25. The molecule has 1 saturated carbocycles. The summed E-state index contributed by atoms with van der Waals surface area (Å²) in [6.45, 7) is 6.51. The number of pyridine rings is 1.